The third kappa shape index (κ3) is 4.72. The summed E-state index contributed by atoms with van der Waals surface area (Å²) in [7, 11) is 2.70. The van der Waals surface area contributed by atoms with Crippen molar-refractivity contribution in [2.24, 2.45) is 0 Å². The van der Waals surface area contributed by atoms with Gasteiger partial charge in [-0.1, -0.05) is 15.9 Å². The molecule has 0 atom stereocenters. The van der Waals surface area contributed by atoms with Gasteiger partial charge in [0.15, 0.2) is 28.8 Å². The number of hydrogen-bond donors (Lipinski definition) is 1. The Morgan fingerprint density at radius 1 is 1.12 bits per heavy atom. The van der Waals surface area contributed by atoms with Gasteiger partial charge in [-0.25, -0.2) is 0 Å². The molecule has 8 heteroatoms. The van der Waals surface area contributed by atoms with Gasteiger partial charge in [0.1, 0.15) is 0 Å². The predicted molar refractivity (Wildman–Crippen MR) is 95.3 cm³/mol. The van der Waals surface area contributed by atoms with E-state index in [-0.39, 0.29) is 34.3 Å². The third-order valence-electron chi connectivity index (χ3n) is 3.38. The molecule has 2 aromatic carbocycles. The van der Waals surface area contributed by atoms with Crippen molar-refractivity contribution in [3.8, 4) is 23.0 Å². The van der Waals surface area contributed by atoms with Crippen LogP contribution < -0.4 is 14.2 Å². The molecule has 0 bridgehead atoms. The molecule has 0 saturated heterocycles. The quantitative estimate of drug-likeness (QED) is 0.512. The van der Waals surface area contributed by atoms with E-state index in [1.54, 1.807) is 6.07 Å². The average Bonchev–Trinajstić information content (AvgIpc) is 2.60. The number of aromatic hydroxyl groups is 1. The molecule has 1 N–H and O–H groups in total. The molecule has 0 heterocycles. The van der Waals surface area contributed by atoms with Crippen LogP contribution in [-0.4, -0.2) is 31.7 Å². The van der Waals surface area contributed by atoms with Gasteiger partial charge in [0.05, 0.1) is 14.2 Å². The van der Waals surface area contributed by atoms with Gasteiger partial charge in [-0.05, 0) is 48.0 Å². The summed E-state index contributed by atoms with van der Waals surface area (Å²) in [6, 6.07) is 6.92. The van der Waals surface area contributed by atoms with E-state index in [4.69, 9.17) is 9.47 Å². The Bertz CT molecular complexity index is 837. The first-order valence-corrected chi connectivity index (χ1v) is 8.06. The number of allylic oxidation sites excluding steroid dienone is 1. The normalized spacial score (nSPS) is 11.0. The first-order valence-electron chi connectivity index (χ1n) is 7.27. The molecule has 5 nitrogen and oxygen atoms in total. The van der Waals surface area contributed by atoms with Crippen molar-refractivity contribution in [3.05, 3.63) is 52.0 Å². The number of alkyl halides is 2. The number of ether oxygens (including phenoxy) is 3. The Kier molecular flexibility index (Phi) is 6.57. The molecule has 138 valence electrons. The minimum absolute atomic E-state index is 0.0250. The molecule has 0 fully saturated rings. The number of benzene rings is 2. The van der Waals surface area contributed by atoms with E-state index in [2.05, 4.69) is 20.7 Å². The van der Waals surface area contributed by atoms with E-state index >= 15 is 0 Å². The Hall–Kier alpha value is -2.61. The molecule has 2 rings (SSSR count). The lowest BCUT2D eigenvalue weighted by Crippen LogP contribution is -2.04. The number of phenolic OH excluding ortho intramolecular Hbond substituents is 1. The van der Waals surface area contributed by atoms with Crippen molar-refractivity contribution >= 4 is 27.8 Å². The van der Waals surface area contributed by atoms with E-state index < -0.39 is 6.61 Å². The van der Waals surface area contributed by atoms with Crippen LogP contribution in [0, 0.1) is 0 Å². The van der Waals surface area contributed by atoms with Crippen LogP contribution in [0.15, 0.2) is 40.9 Å². The lowest BCUT2D eigenvalue weighted by molar-refractivity contribution is -0.0512. The highest BCUT2D eigenvalue weighted by Crippen LogP contribution is 2.33. The van der Waals surface area contributed by atoms with Crippen molar-refractivity contribution in [3.63, 3.8) is 0 Å². The van der Waals surface area contributed by atoms with E-state index in [1.807, 2.05) is 0 Å². The molecule has 0 saturated carbocycles. The average molecular weight is 429 g/mol. The van der Waals surface area contributed by atoms with Gasteiger partial charge in [0, 0.05) is 10.0 Å². The largest absolute Gasteiger partial charge is 0.504 e. The smallest absolute Gasteiger partial charge is 0.387 e. The number of rotatable bonds is 7. The van der Waals surface area contributed by atoms with Gasteiger partial charge in [0.2, 0.25) is 0 Å². The van der Waals surface area contributed by atoms with Gasteiger partial charge in [-0.15, -0.1) is 0 Å². The predicted octanol–water partition coefficient (Wildman–Crippen LogP) is 4.67. The Morgan fingerprint density at radius 2 is 1.81 bits per heavy atom. The van der Waals surface area contributed by atoms with Crippen LogP contribution in [0.2, 0.25) is 0 Å². The molecular formula is C18H15BrF2O5. The van der Waals surface area contributed by atoms with Crippen LogP contribution in [0.1, 0.15) is 15.9 Å². The Morgan fingerprint density at radius 3 is 2.42 bits per heavy atom. The van der Waals surface area contributed by atoms with Gasteiger partial charge in [0.25, 0.3) is 0 Å². The number of methoxy groups -OCH3 is 2. The van der Waals surface area contributed by atoms with E-state index in [1.165, 1.54) is 50.6 Å². The second kappa shape index (κ2) is 8.66. The Labute approximate surface area is 156 Å². The zero-order valence-electron chi connectivity index (χ0n) is 13.8. The highest BCUT2D eigenvalue weighted by atomic mass is 79.9. The number of carbonyl (C=O) groups excluding carboxylic acids is 1. The molecule has 0 aliphatic carbocycles. The number of carbonyl (C=O) groups is 1. The molecule has 0 unspecified atom stereocenters. The Balaban J connectivity index is 2.26. The molecule has 0 spiro atoms. The van der Waals surface area contributed by atoms with Crippen molar-refractivity contribution in [2.75, 3.05) is 14.2 Å². The standard InChI is InChI=1S/C18H15BrF2O5/c1-24-16-7-10(12(19)9-14(16)23)3-5-13(22)11-4-6-15(26-18(20)21)17(8-11)25-2/h3-9,18,23H,1-2H3. The highest BCUT2D eigenvalue weighted by Gasteiger charge is 2.13. The van der Waals surface area contributed by atoms with Crippen LogP contribution >= 0.6 is 15.9 Å². The van der Waals surface area contributed by atoms with Crippen LogP contribution in [0.4, 0.5) is 8.78 Å². The summed E-state index contributed by atoms with van der Waals surface area (Å²) in [5.74, 6) is -0.283. The summed E-state index contributed by atoms with van der Waals surface area (Å²) in [6.45, 7) is -2.99. The summed E-state index contributed by atoms with van der Waals surface area (Å²) < 4.78 is 39.6. The number of halogens is 3. The van der Waals surface area contributed by atoms with Gasteiger partial charge in [-0.2, -0.15) is 8.78 Å². The van der Waals surface area contributed by atoms with Crippen LogP contribution in [0.25, 0.3) is 6.08 Å². The van der Waals surface area contributed by atoms with Crippen molar-refractivity contribution < 1.29 is 32.9 Å². The molecular weight excluding hydrogens is 414 g/mol. The van der Waals surface area contributed by atoms with E-state index in [9.17, 15) is 18.7 Å². The summed E-state index contributed by atoms with van der Waals surface area (Å²) in [6.07, 6.45) is 2.84. The van der Waals surface area contributed by atoms with Gasteiger partial charge < -0.3 is 19.3 Å². The number of phenols is 1. The maximum atomic E-state index is 12.3. The zero-order chi connectivity index (χ0) is 19.3. The molecule has 2 aromatic rings. The van der Waals surface area contributed by atoms with Crippen molar-refractivity contribution in [1.29, 1.82) is 0 Å². The highest BCUT2D eigenvalue weighted by molar-refractivity contribution is 9.10. The summed E-state index contributed by atoms with van der Waals surface area (Å²) >= 11 is 3.29. The molecule has 0 amide bonds. The van der Waals surface area contributed by atoms with Crippen LogP contribution in [-0.2, 0) is 0 Å². The second-order valence-electron chi connectivity index (χ2n) is 4.99. The molecule has 0 aliphatic heterocycles. The summed E-state index contributed by atoms with van der Waals surface area (Å²) in [5.41, 5.74) is 0.846. The monoisotopic (exact) mass is 428 g/mol. The molecule has 0 radical (unpaired) electrons. The van der Waals surface area contributed by atoms with Gasteiger partial charge in [-0.3, -0.25) is 4.79 Å². The first-order chi connectivity index (χ1) is 12.3. The third-order valence-corrected chi connectivity index (χ3v) is 4.06. The fraction of sp³-hybridized carbons (Fsp3) is 0.167. The first kappa shape index (κ1) is 19.7. The van der Waals surface area contributed by atoms with Gasteiger partial charge >= 0.3 is 6.61 Å². The zero-order valence-corrected chi connectivity index (χ0v) is 15.4. The summed E-state index contributed by atoms with van der Waals surface area (Å²) in [4.78, 5) is 12.3. The minimum atomic E-state index is -2.99. The van der Waals surface area contributed by atoms with Crippen molar-refractivity contribution in [1.82, 2.24) is 0 Å². The van der Waals surface area contributed by atoms with Crippen molar-refractivity contribution in [2.45, 2.75) is 6.61 Å². The topological polar surface area (TPSA) is 65.0 Å². The second-order valence-corrected chi connectivity index (χ2v) is 5.84. The number of ketones is 1. The number of hydrogen-bond acceptors (Lipinski definition) is 5. The lowest BCUT2D eigenvalue weighted by Gasteiger charge is -2.10. The fourth-order valence-electron chi connectivity index (χ4n) is 2.13. The lowest BCUT2D eigenvalue weighted by atomic mass is 10.1. The van der Waals surface area contributed by atoms with E-state index in [0.717, 1.165) is 0 Å². The SMILES string of the molecule is COc1cc(C=CC(=O)c2ccc(OC(F)F)c(OC)c2)c(Br)cc1O. The van der Waals surface area contributed by atoms with Crippen LogP contribution in [0.5, 0.6) is 23.0 Å². The van der Waals surface area contributed by atoms with Crippen LogP contribution in [0.3, 0.4) is 0 Å². The molecule has 0 aliphatic rings. The van der Waals surface area contributed by atoms with E-state index in [0.29, 0.717) is 10.0 Å². The maximum absolute atomic E-state index is 12.3. The fourth-order valence-corrected chi connectivity index (χ4v) is 2.59. The molecule has 26 heavy (non-hydrogen) atoms. The minimum Gasteiger partial charge on any atom is -0.504 e. The molecule has 0 aromatic heterocycles. The summed E-state index contributed by atoms with van der Waals surface area (Å²) in [5, 5.41) is 9.69. The maximum Gasteiger partial charge on any atom is 0.387 e.